The van der Waals surface area contributed by atoms with E-state index in [0.29, 0.717) is 42.0 Å². The fourth-order valence-corrected chi connectivity index (χ4v) is 5.06. The molecule has 0 bridgehead atoms. The average Bonchev–Trinajstić information content (AvgIpc) is 3.25. The van der Waals surface area contributed by atoms with Gasteiger partial charge in [-0.05, 0) is 73.3 Å². The second-order valence-electron chi connectivity index (χ2n) is 8.97. The molecule has 3 aromatic rings. The Bertz CT molecular complexity index is 1130. The average molecular weight is 473 g/mol. The fourth-order valence-electron chi connectivity index (χ4n) is 5.06. The molecule has 1 aliphatic rings. The molecule has 3 atom stereocenters. The first-order valence-electron chi connectivity index (χ1n) is 12.0. The molecule has 6 heteroatoms. The maximum absolute atomic E-state index is 12.4. The maximum Gasteiger partial charge on any atom is 0.338 e. The van der Waals surface area contributed by atoms with Gasteiger partial charge in [0.15, 0.2) is 0 Å². The topological polar surface area (TPSA) is 81.9 Å². The third kappa shape index (κ3) is 5.72. The van der Waals surface area contributed by atoms with Crippen LogP contribution in [0, 0.1) is 5.92 Å². The minimum atomic E-state index is -0.419. The number of nitrogens with zero attached hydrogens (tertiary/aromatic N) is 1. The molecule has 1 amide bonds. The molecule has 35 heavy (non-hydrogen) atoms. The Labute approximate surface area is 206 Å². The molecule has 0 spiro atoms. The first-order chi connectivity index (χ1) is 17.0. The molecule has 182 valence electrons. The molecular formula is C29H32N2O4. The predicted octanol–water partition coefficient (Wildman–Crippen LogP) is 4.49. The van der Waals surface area contributed by atoms with Crippen LogP contribution >= 0.6 is 0 Å². The minimum absolute atomic E-state index is 0.194. The summed E-state index contributed by atoms with van der Waals surface area (Å²) in [5.41, 5.74) is 8.90. The van der Waals surface area contributed by atoms with Gasteiger partial charge in [-0.1, -0.05) is 42.5 Å². The van der Waals surface area contributed by atoms with Crippen LogP contribution < -0.4 is 10.5 Å². The van der Waals surface area contributed by atoms with Crippen molar-refractivity contribution in [1.29, 1.82) is 0 Å². The van der Waals surface area contributed by atoms with Crippen molar-refractivity contribution in [2.75, 3.05) is 26.8 Å². The Kier molecular flexibility index (Phi) is 7.83. The van der Waals surface area contributed by atoms with Gasteiger partial charge in [-0.2, -0.15) is 0 Å². The molecule has 3 aromatic carbocycles. The summed E-state index contributed by atoms with van der Waals surface area (Å²) in [6.07, 6.45) is 1.03. The highest BCUT2D eigenvalue weighted by atomic mass is 16.5. The van der Waals surface area contributed by atoms with E-state index in [1.807, 2.05) is 30.3 Å². The number of amides is 1. The Morgan fingerprint density at radius 3 is 2.20 bits per heavy atom. The van der Waals surface area contributed by atoms with E-state index in [1.165, 1.54) is 11.1 Å². The van der Waals surface area contributed by atoms with Crippen LogP contribution in [0.25, 0.3) is 0 Å². The van der Waals surface area contributed by atoms with Crippen molar-refractivity contribution in [3.8, 4) is 5.75 Å². The van der Waals surface area contributed by atoms with E-state index in [4.69, 9.17) is 15.2 Å². The summed E-state index contributed by atoms with van der Waals surface area (Å²) in [4.78, 5) is 26.3. The van der Waals surface area contributed by atoms with E-state index in [9.17, 15) is 9.59 Å². The number of esters is 1. The highest BCUT2D eigenvalue weighted by Crippen LogP contribution is 2.40. The lowest BCUT2D eigenvalue weighted by molar-refractivity contribution is 0.0453. The lowest BCUT2D eigenvalue weighted by Crippen LogP contribution is -2.35. The number of hydrogen-bond acceptors (Lipinski definition) is 5. The summed E-state index contributed by atoms with van der Waals surface area (Å²) in [7, 11) is 1.59. The van der Waals surface area contributed by atoms with Crippen molar-refractivity contribution >= 4 is 11.9 Å². The number of hydrogen-bond donors (Lipinski definition) is 1. The Balaban J connectivity index is 1.42. The minimum Gasteiger partial charge on any atom is -0.497 e. The van der Waals surface area contributed by atoms with E-state index in [2.05, 4.69) is 36.1 Å². The van der Waals surface area contributed by atoms with Crippen LogP contribution in [0.2, 0.25) is 0 Å². The molecule has 6 nitrogen and oxygen atoms in total. The van der Waals surface area contributed by atoms with Crippen LogP contribution in [0.4, 0.5) is 0 Å². The predicted molar refractivity (Wildman–Crippen MR) is 136 cm³/mol. The highest BCUT2D eigenvalue weighted by Gasteiger charge is 2.37. The number of primary amides is 1. The normalized spacial score (nSPS) is 18.7. The highest BCUT2D eigenvalue weighted by molar-refractivity contribution is 5.92. The third-order valence-electron chi connectivity index (χ3n) is 7.02. The van der Waals surface area contributed by atoms with Gasteiger partial charge in [0.05, 0.1) is 12.7 Å². The van der Waals surface area contributed by atoms with Crippen molar-refractivity contribution in [2.24, 2.45) is 11.7 Å². The first-order valence-corrected chi connectivity index (χ1v) is 12.0. The van der Waals surface area contributed by atoms with E-state index >= 15 is 0 Å². The van der Waals surface area contributed by atoms with Gasteiger partial charge in [-0.3, -0.25) is 9.69 Å². The summed E-state index contributed by atoms with van der Waals surface area (Å²) in [6, 6.07) is 25.4. The maximum atomic E-state index is 12.4. The number of benzene rings is 3. The molecule has 1 saturated heterocycles. The van der Waals surface area contributed by atoms with Crippen molar-refractivity contribution < 1.29 is 19.1 Å². The number of rotatable bonds is 9. The first kappa shape index (κ1) is 24.5. The van der Waals surface area contributed by atoms with Gasteiger partial charge >= 0.3 is 5.97 Å². The Morgan fingerprint density at radius 1 is 0.943 bits per heavy atom. The number of methoxy groups -OCH3 is 1. The second kappa shape index (κ2) is 11.2. The summed E-state index contributed by atoms with van der Waals surface area (Å²) >= 11 is 0. The van der Waals surface area contributed by atoms with Crippen LogP contribution in [-0.4, -0.2) is 49.6 Å². The van der Waals surface area contributed by atoms with Crippen molar-refractivity contribution in [3.05, 3.63) is 101 Å². The lowest BCUT2D eigenvalue weighted by atomic mass is 9.77. The van der Waals surface area contributed by atoms with Gasteiger partial charge in [0.1, 0.15) is 12.4 Å². The fraction of sp³-hybridized carbons (Fsp3) is 0.310. The van der Waals surface area contributed by atoms with E-state index < -0.39 is 5.91 Å². The van der Waals surface area contributed by atoms with Crippen LogP contribution in [-0.2, 0) is 4.74 Å². The molecule has 0 aromatic heterocycles. The molecule has 2 N–H and O–H groups in total. The molecule has 0 unspecified atom stereocenters. The molecular weight excluding hydrogens is 440 g/mol. The summed E-state index contributed by atoms with van der Waals surface area (Å²) in [6.45, 7) is 4.21. The number of carbonyl (C=O) groups excluding carboxylic acids is 2. The van der Waals surface area contributed by atoms with Crippen LogP contribution in [0.5, 0.6) is 5.75 Å². The van der Waals surface area contributed by atoms with E-state index in [1.54, 1.807) is 31.4 Å². The molecule has 0 radical (unpaired) electrons. The van der Waals surface area contributed by atoms with Gasteiger partial charge in [0.25, 0.3) is 0 Å². The van der Waals surface area contributed by atoms with Crippen molar-refractivity contribution in [3.63, 3.8) is 0 Å². The van der Waals surface area contributed by atoms with Gasteiger partial charge in [0.2, 0.25) is 5.91 Å². The molecule has 4 rings (SSSR count). The van der Waals surface area contributed by atoms with Crippen LogP contribution in [0.15, 0.2) is 78.9 Å². The molecule has 0 aliphatic carbocycles. The van der Waals surface area contributed by atoms with E-state index in [0.717, 1.165) is 13.0 Å². The number of carbonyl (C=O) groups is 2. The second-order valence-corrected chi connectivity index (χ2v) is 8.97. The zero-order chi connectivity index (χ0) is 24.8. The van der Waals surface area contributed by atoms with Gasteiger partial charge < -0.3 is 15.2 Å². The lowest BCUT2D eigenvalue weighted by Gasteiger charge is -2.31. The smallest absolute Gasteiger partial charge is 0.338 e. The summed E-state index contributed by atoms with van der Waals surface area (Å²) in [5, 5.41) is 0. The quantitative estimate of drug-likeness (QED) is 0.464. The largest absolute Gasteiger partial charge is 0.497 e. The molecule has 1 heterocycles. The van der Waals surface area contributed by atoms with Crippen molar-refractivity contribution in [2.45, 2.75) is 25.3 Å². The Hall–Kier alpha value is -3.64. The molecule has 1 aliphatic heterocycles. The number of ether oxygens (including phenoxy) is 2. The number of likely N-dealkylation sites (tertiary alicyclic amines) is 1. The summed E-state index contributed by atoms with van der Waals surface area (Å²) in [5.74, 6) is 0.537. The molecule has 1 fully saturated rings. The summed E-state index contributed by atoms with van der Waals surface area (Å²) < 4.78 is 10.7. The SMILES string of the molecule is COc1ccc(C(=O)OCCN2CC[C@@H]([C@@H](c3ccccc3)c3ccc(C(N)=O)cc3)[C@@H]2C)cc1. The van der Waals surface area contributed by atoms with Gasteiger partial charge in [0, 0.05) is 24.1 Å². The monoisotopic (exact) mass is 472 g/mol. The van der Waals surface area contributed by atoms with Gasteiger partial charge in [-0.25, -0.2) is 4.79 Å². The van der Waals surface area contributed by atoms with Gasteiger partial charge in [-0.15, -0.1) is 0 Å². The van der Waals surface area contributed by atoms with Crippen molar-refractivity contribution in [1.82, 2.24) is 4.90 Å². The molecule has 0 saturated carbocycles. The zero-order valence-corrected chi connectivity index (χ0v) is 20.2. The third-order valence-corrected chi connectivity index (χ3v) is 7.02. The zero-order valence-electron chi connectivity index (χ0n) is 20.2. The Morgan fingerprint density at radius 2 is 1.57 bits per heavy atom. The van der Waals surface area contributed by atoms with Crippen LogP contribution in [0.1, 0.15) is 51.1 Å². The van der Waals surface area contributed by atoms with E-state index in [-0.39, 0.29) is 11.9 Å². The number of nitrogens with two attached hydrogens (primary N) is 1. The van der Waals surface area contributed by atoms with Crippen LogP contribution in [0.3, 0.4) is 0 Å². The standard InChI is InChI=1S/C29H32N2O4/c1-20-26(16-17-31(20)18-19-35-29(33)24-12-14-25(34-2)15-13-24)27(21-6-4-3-5-7-21)22-8-10-23(11-9-22)28(30)32/h3-15,20,26-27H,16-19H2,1-2H3,(H2,30,32)/t20-,26+,27-/m0/s1.